The Morgan fingerprint density at radius 2 is 1.76 bits per heavy atom. The molecule has 0 amide bonds. The van der Waals surface area contributed by atoms with Crippen LogP contribution in [-0.2, 0) is 4.79 Å². The van der Waals surface area contributed by atoms with Crippen molar-refractivity contribution in [3.63, 3.8) is 0 Å². The summed E-state index contributed by atoms with van der Waals surface area (Å²) in [6.45, 7) is 7.78. The number of hydrogen-bond donors (Lipinski definition) is 3. The first-order valence-corrected chi connectivity index (χ1v) is 12.8. The van der Waals surface area contributed by atoms with Gasteiger partial charge in [-0.25, -0.2) is 0 Å². The molecule has 0 heterocycles. The van der Waals surface area contributed by atoms with E-state index in [1.165, 1.54) is 5.57 Å². The first-order valence-electron chi connectivity index (χ1n) is 12.8. The lowest BCUT2D eigenvalue weighted by molar-refractivity contribution is -0.349. The second kappa shape index (κ2) is 10.5. The molecule has 3 aliphatic rings. The summed E-state index contributed by atoms with van der Waals surface area (Å²) in [5, 5.41) is 29.5. The summed E-state index contributed by atoms with van der Waals surface area (Å²) in [6.07, 6.45) is -6.26. The third-order valence-electron chi connectivity index (χ3n) is 9.04. The highest BCUT2D eigenvalue weighted by Gasteiger charge is 2.74. The Morgan fingerprint density at radius 3 is 2.35 bits per heavy atom. The van der Waals surface area contributed by atoms with E-state index in [0.717, 1.165) is 37.7 Å². The number of Topliss-reactive ketones (excluding diaryl/α,β-unsaturated/α-hetero) is 1. The molecule has 0 bridgehead atoms. The van der Waals surface area contributed by atoms with Crippen molar-refractivity contribution >= 4 is 5.78 Å². The first-order chi connectivity index (χ1) is 16.9. The number of fused-ring (bicyclic) bond motifs is 1. The number of ketones is 1. The van der Waals surface area contributed by atoms with Gasteiger partial charge < -0.3 is 15.3 Å². The van der Waals surface area contributed by atoms with Gasteiger partial charge in [-0.15, -0.1) is 0 Å². The highest BCUT2D eigenvalue weighted by Crippen LogP contribution is 2.60. The number of alkyl halides is 6. The van der Waals surface area contributed by atoms with Gasteiger partial charge >= 0.3 is 18.0 Å². The standard InChI is InChI=1S/C27H36F6O4/c1-15(6-11-23(36)25(37,26(28,29)30)27(31,32)33)20-9-10-21-17(5-4-12-24(20,21)3)7-8-18-13-19(34)14-22(35)16(18)2/h7-8,15,19-22,34-35,37H,2,4-6,9-14H2,1,3H3/b17-7?,18-8-/t15-,19-,20-,21?,22-,24-/m1/s1. The largest absolute Gasteiger partial charge is 0.433 e. The normalized spacial score (nSPS) is 34.6. The topological polar surface area (TPSA) is 77.8 Å². The highest BCUT2D eigenvalue weighted by atomic mass is 19.4. The number of carbonyl (C=O) groups excluding carboxylic acids is 1. The van der Waals surface area contributed by atoms with Gasteiger partial charge in [0.1, 0.15) is 0 Å². The van der Waals surface area contributed by atoms with Crippen molar-refractivity contribution < 1.29 is 46.5 Å². The molecular formula is C27H36F6O4. The molecule has 37 heavy (non-hydrogen) atoms. The fraction of sp³-hybridized carbons (Fsp3) is 0.741. The number of carbonyl (C=O) groups is 1. The van der Waals surface area contributed by atoms with Crippen LogP contribution in [0.25, 0.3) is 0 Å². The van der Waals surface area contributed by atoms with Gasteiger partial charge in [-0.2, -0.15) is 26.3 Å². The summed E-state index contributed by atoms with van der Waals surface area (Å²) in [6, 6.07) is 0. The highest BCUT2D eigenvalue weighted by molar-refractivity contribution is 5.89. The SMILES string of the molecule is C=C1/C(=C\C=C2CCC[C@@]3(C)C2CC[C@@H]3[C@H](C)CCC(=O)C(O)(C(F)(F)F)C(F)(F)F)C[C@@H](O)C[C@H]1O. The Kier molecular flexibility index (Phi) is 8.48. The maximum absolute atomic E-state index is 13.0. The Balaban J connectivity index is 1.73. The Labute approximate surface area is 213 Å². The lowest BCUT2D eigenvalue weighted by Gasteiger charge is -2.44. The second-order valence-corrected chi connectivity index (χ2v) is 11.3. The van der Waals surface area contributed by atoms with Crippen molar-refractivity contribution in [1.82, 2.24) is 0 Å². The van der Waals surface area contributed by atoms with Crippen LogP contribution in [-0.4, -0.2) is 51.3 Å². The molecule has 0 spiro atoms. The third kappa shape index (κ3) is 5.57. The van der Waals surface area contributed by atoms with Crippen LogP contribution in [0.5, 0.6) is 0 Å². The third-order valence-corrected chi connectivity index (χ3v) is 9.04. The minimum atomic E-state index is -6.15. The fourth-order valence-corrected chi connectivity index (χ4v) is 6.90. The number of rotatable bonds is 6. The lowest BCUT2D eigenvalue weighted by atomic mass is 9.60. The van der Waals surface area contributed by atoms with Crippen LogP contribution < -0.4 is 0 Å². The van der Waals surface area contributed by atoms with Crippen LogP contribution in [0.1, 0.15) is 71.6 Å². The fourth-order valence-electron chi connectivity index (χ4n) is 6.90. The van der Waals surface area contributed by atoms with E-state index in [1.54, 1.807) is 6.92 Å². The van der Waals surface area contributed by atoms with Gasteiger partial charge in [0.05, 0.1) is 12.2 Å². The lowest BCUT2D eigenvalue weighted by Crippen LogP contribution is -2.62. The molecule has 6 atom stereocenters. The predicted octanol–water partition coefficient (Wildman–Crippen LogP) is 5.97. The Hall–Kier alpha value is -1.65. The van der Waals surface area contributed by atoms with Crippen LogP contribution in [0.3, 0.4) is 0 Å². The van der Waals surface area contributed by atoms with Crippen LogP contribution >= 0.6 is 0 Å². The average Bonchev–Trinajstić information content (AvgIpc) is 3.14. The van der Waals surface area contributed by atoms with Crippen molar-refractivity contribution in [1.29, 1.82) is 0 Å². The number of aliphatic hydroxyl groups is 3. The second-order valence-electron chi connectivity index (χ2n) is 11.3. The molecule has 0 saturated heterocycles. The van der Waals surface area contributed by atoms with E-state index >= 15 is 0 Å². The van der Waals surface area contributed by atoms with Crippen LogP contribution in [0.2, 0.25) is 0 Å². The number of allylic oxidation sites excluding steroid dienone is 3. The quantitative estimate of drug-likeness (QED) is 0.364. The summed E-state index contributed by atoms with van der Waals surface area (Å²) >= 11 is 0. The van der Waals surface area contributed by atoms with Gasteiger partial charge in [0.2, 0.25) is 0 Å². The minimum absolute atomic E-state index is 0.000176. The molecule has 0 aromatic heterocycles. The monoisotopic (exact) mass is 538 g/mol. The minimum Gasteiger partial charge on any atom is -0.393 e. The molecule has 3 saturated carbocycles. The molecule has 0 aromatic rings. The van der Waals surface area contributed by atoms with Crippen molar-refractivity contribution in [3.05, 3.63) is 35.5 Å². The molecular weight excluding hydrogens is 502 g/mol. The van der Waals surface area contributed by atoms with Crippen molar-refractivity contribution in [2.24, 2.45) is 23.2 Å². The van der Waals surface area contributed by atoms with E-state index in [2.05, 4.69) is 13.5 Å². The van der Waals surface area contributed by atoms with Gasteiger partial charge in [0.25, 0.3) is 0 Å². The average molecular weight is 539 g/mol. The molecule has 0 radical (unpaired) electrons. The van der Waals surface area contributed by atoms with Crippen molar-refractivity contribution in [2.45, 2.75) is 102 Å². The molecule has 3 rings (SSSR count). The molecule has 1 unspecified atom stereocenters. The first kappa shape index (κ1) is 29.9. The van der Waals surface area contributed by atoms with Crippen LogP contribution in [0, 0.1) is 23.2 Å². The van der Waals surface area contributed by atoms with Gasteiger partial charge in [-0.05, 0) is 79.3 Å². The van der Waals surface area contributed by atoms with E-state index < -0.39 is 42.4 Å². The summed E-state index contributed by atoms with van der Waals surface area (Å²) in [4.78, 5) is 12.1. The van der Waals surface area contributed by atoms with E-state index in [1.807, 2.05) is 12.2 Å². The number of halogens is 6. The van der Waals surface area contributed by atoms with Crippen LogP contribution in [0.15, 0.2) is 35.5 Å². The van der Waals surface area contributed by atoms with Crippen molar-refractivity contribution in [2.75, 3.05) is 0 Å². The van der Waals surface area contributed by atoms with E-state index in [4.69, 9.17) is 0 Å². The summed E-state index contributed by atoms with van der Waals surface area (Å²) in [5.74, 6) is -2.41. The molecule has 210 valence electrons. The predicted molar refractivity (Wildman–Crippen MR) is 125 cm³/mol. The summed E-state index contributed by atoms with van der Waals surface area (Å²) in [5.41, 5.74) is -3.02. The molecule has 0 aliphatic heterocycles. The molecule has 3 aliphatic carbocycles. The summed E-state index contributed by atoms with van der Waals surface area (Å²) in [7, 11) is 0. The molecule has 3 fully saturated rings. The maximum atomic E-state index is 13.0. The smallest absolute Gasteiger partial charge is 0.393 e. The number of hydrogen-bond acceptors (Lipinski definition) is 4. The van der Waals surface area contributed by atoms with Gasteiger partial charge in [-0.3, -0.25) is 4.79 Å². The zero-order valence-electron chi connectivity index (χ0n) is 21.1. The van der Waals surface area contributed by atoms with Crippen LogP contribution in [0.4, 0.5) is 26.3 Å². The van der Waals surface area contributed by atoms with Crippen molar-refractivity contribution in [3.8, 4) is 0 Å². The maximum Gasteiger partial charge on any atom is 0.433 e. The number of aliphatic hydroxyl groups excluding tert-OH is 2. The summed E-state index contributed by atoms with van der Waals surface area (Å²) < 4.78 is 78.2. The van der Waals surface area contributed by atoms with Gasteiger partial charge in [-0.1, -0.05) is 38.2 Å². The Bertz CT molecular complexity index is 936. The van der Waals surface area contributed by atoms with E-state index in [-0.39, 0.29) is 36.0 Å². The zero-order valence-corrected chi connectivity index (χ0v) is 21.1. The molecule has 10 heteroatoms. The van der Waals surface area contributed by atoms with E-state index in [0.29, 0.717) is 12.0 Å². The van der Waals surface area contributed by atoms with E-state index in [9.17, 15) is 46.5 Å². The molecule has 4 nitrogen and oxygen atoms in total. The zero-order chi connectivity index (χ0) is 28.0. The molecule has 0 aromatic carbocycles. The van der Waals surface area contributed by atoms with Gasteiger partial charge in [0.15, 0.2) is 5.78 Å². The molecule has 3 N–H and O–H groups in total. The van der Waals surface area contributed by atoms with Gasteiger partial charge in [0, 0.05) is 12.8 Å². The Morgan fingerprint density at radius 1 is 1.14 bits per heavy atom.